The van der Waals surface area contributed by atoms with Gasteiger partial charge in [-0.2, -0.15) is 5.26 Å². The summed E-state index contributed by atoms with van der Waals surface area (Å²) < 4.78 is 29.1. The Morgan fingerprint density at radius 1 is 1.24 bits per heavy atom. The summed E-state index contributed by atoms with van der Waals surface area (Å²) in [6.07, 6.45) is 3.17. The van der Waals surface area contributed by atoms with Crippen molar-refractivity contribution in [2.75, 3.05) is 43.1 Å². The molecular formula is C23H25N6O3S-. The number of hydrogen-bond donors (Lipinski definition) is 2. The first-order chi connectivity index (χ1) is 16.1. The van der Waals surface area contributed by atoms with Crippen molar-refractivity contribution in [3.8, 4) is 6.07 Å². The molecule has 1 saturated heterocycles. The van der Waals surface area contributed by atoms with Gasteiger partial charge in [-0.15, -0.1) is 0 Å². The van der Waals surface area contributed by atoms with E-state index in [-0.39, 0.29) is 0 Å². The molecule has 0 bridgehead atoms. The number of anilines is 3. The van der Waals surface area contributed by atoms with Crippen molar-refractivity contribution in [2.24, 2.45) is 0 Å². The lowest BCUT2D eigenvalue weighted by Gasteiger charge is -2.27. The molecule has 1 fully saturated rings. The molecule has 0 amide bonds. The lowest BCUT2D eigenvalue weighted by Crippen LogP contribution is -2.36. The monoisotopic (exact) mass is 465 g/mol. The number of fused-ring (bicyclic) bond motifs is 1. The first kappa shape index (κ1) is 23.1. The summed E-state index contributed by atoms with van der Waals surface area (Å²) in [7, 11) is 0. The van der Waals surface area contributed by atoms with Gasteiger partial charge in [-0.1, -0.05) is 12.1 Å². The summed E-state index contributed by atoms with van der Waals surface area (Å²) in [5.74, 6) is 0.741. The molecule has 0 saturated carbocycles. The molecule has 33 heavy (non-hydrogen) atoms. The van der Waals surface area contributed by atoms with Gasteiger partial charge in [0.25, 0.3) is 0 Å². The van der Waals surface area contributed by atoms with Crippen LogP contribution in [0.25, 0.3) is 11.0 Å². The standard InChI is InChI=1S/C23H26N6O3S/c1-16-17(5-3-9-26-33(30)31)4-2-6-19(16)27-20-7-8-21-23(18(20)14-24)28-22(15-25-21)29-10-12-32-13-11-29/h2,4,6-8,15,26-27H,3,5,9-13H2,1H3,(H,30,31)/p-1. The number of nitrogens with one attached hydrogen (secondary N) is 2. The lowest BCUT2D eigenvalue weighted by molar-refractivity contribution is 0.122. The van der Waals surface area contributed by atoms with Crippen molar-refractivity contribution < 1.29 is 13.5 Å². The fourth-order valence-corrected chi connectivity index (χ4v) is 4.21. The first-order valence-electron chi connectivity index (χ1n) is 10.8. The van der Waals surface area contributed by atoms with Crippen LogP contribution in [0.2, 0.25) is 0 Å². The van der Waals surface area contributed by atoms with Crippen LogP contribution in [0.4, 0.5) is 17.2 Å². The summed E-state index contributed by atoms with van der Waals surface area (Å²) in [6.45, 7) is 5.18. The number of aryl methyl sites for hydroxylation is 1. The van der Waals surface area contributed by atoms with Crippen LogP contribution < -0.4 is 14.9 Å². The second kappa shape index (κ2) is 10.7. The van der Waals surface area contributed by atoms with E-state index in [1.165, 1.54) is 0 Å². The summed E-state index contributed by atoms with van der Waals surface area (Å²) in [6, 6.07) is 12.0. The summed E-state index contributed by atoms with van der Waals surface area (Å²) in [5.41, 5.74) is 5.41. The van der Waals surface area contributed by atoms with E-state index in [9.17, 15) is 14.0 Å². The largest absolute Gasteiger partial charge is 0.760 e. The molecule has 10 heteroatoms. The highest BCUT2D eigenvalue weighted by Gasteiger charge is 2.16. The van der Waals surface area contributed by atoms with Crippen LogP contribution in [0, 0.1) is 18.3 Å². The Morgan fingerprint density at radius 3 is 2.82 bits per heavy atom. The fraction of sp³-hybridized carbons (Fsp3) is 0.348. The third kappa shape index (κ3) is 5.46. The Morgan fingerprint density at radius 2 is 2.06 bits per heavy atom. The van der Waals surface area contributed by atoms with Gasteiger partial charge in [0.2, 0.25) is 0 Å². The van der Waals surface area contributed by atoms with E-state index in [4.69, 9.17) is 9.72 Å². The highest BCUT2D eigenvalue weighted by atomic mass is 32.2. The molecule has 0 spiro atoms. The number of benzene rings is 2. The predicted octanol–water partition coefficient (Wildman–Crippen LogP) is 2.71. The zero-order valence-corrected chi connectivity index (χ0v) is 19.2. The topological polar surface area (TPSA) is 126 Å². The van der Waals surface area contributed by atoms with Crippen molar-refractivity contribution in [1.82, 2.24) is 14.7 Å². The number of morpholine rings is 1. The minimum Gasteiger partial charge on any atom is -0.760 e. The van der Waals surface area contributed by atoms with Crippen molar-refractivity contribution in [1.29, 1.82) is 5.26 Å². The van der Waals surface area contributed by atoms with Crippen LogP contribution in [0.5, 0.6) is 0 Å². The third-order valence-corrected chi connectivity index (χ3v) is 6.15. The molecule has 0 aliphatic carbocycles. The van der Waals surface area contributed by atoms with E-state index in [0.29, 0.717) is 48.5 Å². The number of hydrogen-bond acceptors (Lipinski definition) is 8. The second-order valence-electron chi connectivity index (χ2n) is 7.74. The van der Waals surface area contributed by atoms with E-state index in [2.05, 4.69) is 26.0 Å². The van der Waals surface area contributed by atoms with E-state index in [1.54, 1.807) is 6.20 Å². The second-order valence-corrected chi connectivity index (χ2v) is 8.50. The molecule has 2 N–H and O–H groups in total. The molecule has 1 unspecified atom stereocenters. The van der Waals surface area contributed by atoms with Crippen molar-refractivity contribution in [3.05, 3.63) is 53.2 Å². The van der Waals surface area contributed by atoms with Crippen molar-refractivity contribution >= 4 is 39.5 Å². The number of nitrogens with zero attached hydrogens (tertiary/aromatic N) is 4. The Balaban J connectivity index is 1.60. The van der Waals surface area contributed by atoms with Gasteiger partial charge in [0.1, 0.15) is 23.0 Å². The normalized spacial score (nSPS) is 14.8. The molecular weight excluding hydrogens is 440 g/mol. The van der Waals surface area contributed by atoms with Crippen LogP contribution in [0.3, 0.4) is 0 Å². The van der Waals surface area contributed by atoms with E-state index < -0.39 is 11.3 Å². The average Bonchev–Trinajstić information content (AvgIpc) is 2.83. The molecule has 9 nitrogen and oxygen atoms in total. The quantitative estimate of drug-likeness (QED) is 0.384. The molecule has 1 atom stereocenters. The average molecular weight is 466 g/mol. The highest BCUT2D eigenvalue weighted by Crippen LogP contribution is 2.30. The summed E-state index contributed by atoms with van der Waals surface area (Å²) in [5, 5.41) is 13.4. The van der Waals surface area contributed by atoms with Gasteiger partial charge in [0, 0.05) is 36.6 Å². The maximum absolute atomic E-state index is 10.6. The third-order valence-electron chi connectivity index (χ3n) is 5.71. The molecule has 1 aliphatic rings. The van der Waals surface area contributed by atoms with Gasteiger partial charge >= 0.3 is 0 Å². The fourth-order valence-electron chi connectivity index (χ4n) is 3.90. The van der Waals surface area contributed by atoms with E-state index in [0.717, 1.165) is 42.1 Å². The van der Waals surface area contributed by atoms with E-state index in [1.807, 2.05) is 37.3 Å². The van der Waals surface area contributed by atoms with Crippen molar-refractivity contribution in [2.45, 2.75) is 19.8 Å². The van der Waals surface area contributed by atoms with Gasteiger partial charge in [0.15, 0.2) is 0 Å². The minimum atomic E-state index is -2.24. The number of nitriles is 1. The molecule has 4 rings (SSSR count). The van der Waals surface area contributed by atoms with Crippen LogP contribution >= 0.6 is 0 Å². The Kier molecular flexibility index (Phi) is 7.47. The van der Waals surface area contributed by atoms with Crippen LogP contribution in [-0.4, -0.2) is 51.6 Å². The lowest BCUT2D eigenvalue weighted by atomic mass is 10.0. The number of aromatic nitrogens is 2. The van der Waals surface area contributed by atoms with Crippen LogP contribution in [0.15, 0.2) is 36.5 Å². The summed E-state index contributed by atoms with van der Waals surface area (Å²) >= 11 is -2.24. The van der Waals surface area contributed by atoms with E-state index >= 15 is 0 Å². The molecule has 2 aromatic carbocycles. The zero-order valence-electron chi connectivity index (χ0n) is 18.3. The van der Waals surface area contributed by atoms with Crippen LogP contribution in [0.1, 0.15) is 23.1 Å². The first-order valence-corrected chi connectivity index (χ1v) is 11.8. The highest BCUT2D eigenvalue weighted by molar-refractivity contribution is 7.77. The number of ether oxygens (including phenoxy) is 1. The minimum absolute atomic E-state index is 0.389. The van der Waals surface area contributed by atoms with Gasteiger partial charge < -0.3 is 19.5 Å². The molecule has 1 aliphatic heterocycles. The molecule has 0 radical (unpaired) electrons. The smallest absolute Gasteiger partial charge is 0.148 e. The van der Waals surface area contributed by atoms with Crippen molar-refractivity contribution in [3.63, 3.8) is 0 Å². The van der Waals surface area contributed by atoms with Crippen LogP contribution in [-0.2, 0) is 22.4 Å². The maximum atomic E-state index is 10.6. The summed E-state index contributed by atoms with van der Waals surface area (Å²) in [4.78, 5) is 11.4. The Labute approximate surface area is 195 Å². The molecule has 1 aromatic heterocycles. The molecule has 3 aromatic rings. The molecule has 2 heterocycles. The van der Waals surface area contributed by atoms with Gasteiger partial charge in [-0.3, -0.25) is 9.19 Å². The molecule has 172 valence electrons. The number of rotatable bonds is 8. The maximum Gasteiger partial charge on any atom is 0.148 e. The van der Waals surface area contributed by atoms with Gasteiger partial charge in [-0.05, 0) is 49.1 Å². The van der Waals surface area contributed by atoms with Gasteiger partial charge in [0.05, 0.1) is 30.6 Å². The SMILES string of the molecule is Cc1c(CCCNS(=O)[O-])cccc1Nc1ccc2ncc(N3CCOCC3)nc2c1C#N. The van der Waals surface area contributed by atoms with Gasteiger partial charge in [-0.25, -0.2) is 9.71 Å². The Hall–Kier alpha value is -3.10. The Bertz CT molecular complexity index is 1210. The predicted molar refractivity (Wildman–Crippen MR) is 127 cm³/mol. The zero-order chi connectivity index (χ0) is 23.2.